The van der Waals surface area contributed by atoms with E-state index in [1.54, 1.807) is 6.07 Å². The summed E-state index contributed by atoms with van der Waals surface area (Å²) in [6.07, 6.45) is 5.36. The van der Waals surface area contributed by atoms with Crippen LogP contribution < -0.4 is 15.7 Å². The highest BCUT2D eigenvalue weighted by Gasteiger charge is 2.15. The molecule has 1 atom stereocenters. The molecule has 2 heterocycles. The minimum absolute atomic E-state index is 0. The standard InChI is InChI=1S/C24H25NO3.ClH/c1-17-14-24(26)28-23-16-21(9-10-22(17)23)27-13-5-8-20-15-19(11-12-25-20)18-6-3-2-4-7-18;/h2-4,6-7,9-11,14,16,20,25H,5,8,12-13,15H2,1H3;1H. The van der Waals surface area contributed by atoms with Crippen LogP contribution in [0.4, 0.5) is 0 Å². The van der Waals surface area contributed by atoms with E-state index in [0.29, 0.717) is 18.2 Å². The van der Waals surface area contributed by atoms with Crippen molar-refractivity contribution in [2.45, 2.75) is 32.2 Å². The molecule has 0 saturated heterocycles. The van der Waals surface area contributed by atoms with E-state index in [-0.39, 0.29) is 18.0 Å². The molecule has 0 spiro atoms. The molecule has 4 rings (SSSR count). The number of hydrogen-bond acceptors (Lipinski definition) is 4. The zero-order valence-electron chi connectivity index (χ0n) is 16.5. The lowest BCUT2D eigenvalue weighted by atomic mass is 9.93. The van der Waals surface area contributed by atoms with Crippen molar-refractivity contribution in [2.24, 2.45) is 0 Å². The van der Waals surface area contributed by atoms with Crippen LogP contribution in [0.3, 0.4) is 0 Å². The Bertz CT molecular complexity index is 1040. The van der Waals surface area contributed by atoms with Crippen molar-refractivity contribution in [3.05, 3.63) is 82.2 Å². The fourth-order valence-electron chi connectivity index (χ4n) is 3.78. The molecular weight excluding hydrogens is 386 g/mol. The van der Waals surface area contributed by atoms with Crippen LogP contribution in [0.5, 0.6) is 5.75 Å². The summed E-state index contributed by atoms with van der Waals surface area (Å²) >= 11 is 0. The monoisotopic (exact) mass is 411 g/mol. The second kappa shape index (κ2) is 9.77. The van der Waals surface area contributed by atoms with Crippen LogP contribution in [0.25, 0.3) is 16.5 Å². The molecule has 4 nitrogen and oxygen atoms in total. The van der Waals surface area contributed by atoms with Crippen LogP contribution in [0, 0.1) is 6.92 Å². The average Bonchev–Trinajstić information content (AvgIpc) is 2.72. The van der Waals surface area contributed by atoms with Gasteiger partial charge in [0, 0.05) is 30.1 Å². The van der Waals surface area contributed by atoms with Crippen molar-refractivity contribution in [2.75, 3.05) is 13.2 Å². The molecule has 0 fully saturated rings. The fourth-order valence-corrected chi connectivity index (χ4v) is 3.78. The minimum atomic E-state index is -0.326. The van der Waals surface area contributed by atoms with E-state index in [4.69, 9.17) is 9.15 Å². The van der Waals surface area contributed by atoms with Gasteiger partial charge in [-0.15, -0.1) is 12.4 Å². The quantitative estimate of drug-likeness (QED) is 0.451. The highest BCUT2D eigenvalue weighted by atomic mass is 35.5. The van der Waals surface area contributed by atoms with Crippen LogP contribution >= 0.6 is 12.4 Å². The zero-order chi connectivity index (χ0) is 19.3. The van der Waals surface area contributed by atoms with E-state index in [1.165, 1.54) is 17.2 Å². The molecule has 5 heteroatoms. The van der Waals surface area contributed by atoms with Crippen molar-refractivity contribution in [1.29, 1.82) is 0 Å². The molecule has 0 bridgehead atoms. The zero-order valence-corrected chi connectivity index (χ0v) is 17.3. The lowest BCUT2D eigenvalue weighted by Gasteiger charge is -2.24. The van der Waals surface area contributed by atoms with E-state index in [2.05, 4.69) is 41.7 Å². The number of nitrogens with one attached hydrogen (secondary N) is 1. The first-order valence-corrected chi connectivity index (χ1v) is 9.84. The molecule has 0 radical (unpaired) electrons. The summed E-state index contributed by atoms with van der Waals surface area (Å²) in [6.45, 7) is 3.47. The Morgan fingerprint density at radius 1 is 1.14 bits per heavy atom. The van der Waals surface area contributed by atoms with Gasteiger partial charge in [-0.1, -0.05) is 36.4 Å². The summed E-state index contributed by atoms with van der Waals surface area (Å²) in [5, 5.41) is 4.52. The maximum absolute atomic E-state index is 11.6. The van der Waals surface area contributed by atoms with Crippen molar-refractivity contribution >= 4 is 28.9 Å². The summed E-state index contributed by atoms with van der Waals surface area (Å²) in [6, 6.07) is 18.3. The Hall–Kier alpha value is -2.56. The van der Waals surface area contributed by atoms with E-state index >= 15 is 0 Å². The Balaban J connectivity index is 0.00000240. The highest BCUT2D eigenvalue weighted by molar-refractivity contribution is 5.85. The summed E-state index contributed by atoms with van der Waals surface area (Å²) in [5.41, 5.74) is 3.91. The lowest BCUT2D eigenvalue weighted by molar-refractivity contribution is 0.296. The summed E-state index contributed by atoms with van der Waals surface area (Å²) in [7, 11) is 0. The van der Waals surface area contributed by atoms with E-state index < -0.39 is 0 Å². The first-order valence-electron chi connectivity index (χ1n) is 9.84. The van der Waals surface area contributed by atoms with Gasteiger partial charge in [0.15, 0.2) is 0 Å². The predicted molar refractivity (Wildman–Crippen MR) is 120 cm³/mol. The van der Waals surface area contributed by atoms with Gasteiger partial charge in [0.05, 0.1) is 6.61 Å². The topological polar surface area (TPSA) is 51.5 Å². The minimum Gasteiger partial charge on any atom is -0.493 e. The van der Waals surface area contributed by atoms with Crippen LogP contribution in [-0.4, -0.2) is 19.2 Å². The van der Waals surface area contributed by atoms with Gasteiger partial charge in [0.1, 0.15) is 11.3 Å². The number of fused-ring (bicyclic) bond motifs is 1. The number of ether oxygens (including phenoxy) is 1. The number of benzene rings is 2. The molecule has 152 valence electrons. The average molecular weight is 412 g/mol. The normalized spacial score (nSPS) is 16.2. The smallest absolute Gasteiger partial charge is 0.336 e. The predicted octanol–water partition coefficient (Wildman–Crippen LogP) is 5.13. The maximum atomic E-state index is 11.6. The van der Waals surface area contributed by atoms with Gasteiger partial charge in [0.2, 0.25) is 0 Å². The van der Waals surface area contributed by atoms with Crippen LogP contribution in [0.15, 0.2) is 69.9 Å². The van der Waals surface area contributed by atoms with Gasteiger partial charge in [-0.2, -0.15) is 0 Å². The molecule has 29 heavy (non-hydrogen) atoms. The van der Waals surface area contributed by atoms with Crippen molar-refractivity contribution in [1.82, 2.24) is 5.32 Å². The van der Waals surface area contributed by atoms with Crippen molar-refractivity contribution < 1.29 is 9.15 Å². The molecule has 0 aliphatic carbocycles. The van der Waals surface area contributed by atoms with Crippen molar-refractivity contribution in [3.63, 3.8) is 0 Å². The van der Waals surface area contributed by atoms with Crippen LogP contribution in [-0.2, 0) is 0 Å². The Kier molecular flexibility index (Phi) is 7.13. The van der Waals surface area contributed by atoms with Gasteiger partial charge in [-0.05, 0) is 55.0 Å². The molecule has 1 aliphatic rings. The van der Waals surface area contributed by atoms with Gasteiger partial charge >= 0.3 is 5.63 Å². The molecule has 0 amide bonds. The van der Waals surface area contributed by atoms with E-state index in [9.17, 15) is 4.79 Å². The van der Waals surface area contributed by atoms with E-state index in [0.717, 1.165) is 42.5 Å². The van der Waals surface area contributed by atoms with Gasteiger partial charge < -0.3 is 14.5 Å². The SMILES string of the molecule is Cc1cc(=O)oc2cc(OCCCC3CC(c4ccccc4)=CCN3)ccc12.Cl. The fraction of sp³-hybridized carbons (Fsp3) is 0.292. The van der Waals surface area contributed by atoms with Gasteiger partial charge in [-0.25, -0.2) is 4.79 Å². The lowest BCUT2D eigenvalue weighted by Crippen LogP contribution is -2.33. The summed E-state index contributed by atoms with van der Waals surface area (Å²) < 4.78 is 11.2. The van der Waals surface area contributed by atoms with E-state index in [1.807, 2.05) is 19.1 Å². The maximum Gasteiger partial charge on any atom is 0.336 e. The highest BCUT2D eigenvalue weighted by Crippen LogP contribution is 2.25. The first kappa shape index (κ1) is 21.2. The molecule has 1 N–H and O–H groups in total. The van der Waals surface area contributed by atoms with Crippen molar-refractivity contribution in [3.8, 4) is 5.75 Å². The third kappa shape index (κ3) is 5.28. The summed E-state index contributed by atoms with van der Waals surface area (Å²) in [4.78, 5) is 11.6. The largest absolute Gasteiger partial charge is 0.493 e. The molecule has 0 saturated carbocycles. The van der Waals surface area contributed by atoms with Crippen LogP contribution in [0.1, 0.15) is 30.4 Å². The molecule has 1 aliphatic heterocycles. The third-order valence-electron chi connectivity index (χ3n) is 5.25. The molecule has 1 aromatic heterocycles. The second-order valence-electron chi connectivity index (χ2n) is 7.30. The molecule has 3 aromatic rings. The number of halogens is 1. The van der Waals surface area contributed by atoms with Gasteiger partial charge in [0.25, 0.3) is 0 Å². The number of hydrogen-bond donors (Lipinski definition) is 1. The molecular formula is C24H26ClNO3. The van der Waals surface area contributed by atoms with Gasteiger partial charge in [-0.3, -0.25) is 0 Å². The Labute approximate surface area is 177 Å². The van der Waals surface area contributed by atoms with Crippen LogP contribution in [0.2, 0.25) is 0 Å². The number of rotatable bonds is 6. The molecule has 2 aromatic carbocycles. The Morgan fingerprint density at radius 3 is 2.79 bits per heavy atom. The molecule has 1 unspecified atom stereocenters. The number of aryl methyl sites for hydroxylation is 1. The third-order valence-corrected chi connectivity index (χ3v) is 5.25. The first-order chi connectivity index (χ1) is 13.7. The second-order valence-corrected chi connectivity index (χ2v) is 7.30. The summed E-state index contributed by atoms with van der Waals surface area (Å²) in [5.74, 6) is 0.739. The Morgan fingerprint density at radius 2 is 1.97 bits per heavy atom.